The molecule has 0 saturated carbocycles. The summed E-state index contributed by atoms with van der Waals surface area (Å²) in [5.41, 5.74) is 2.44. The van der Waals surface area contributed by atoms with E-state index in [1.807, 2.05) is 54.6 Å². The summed E-state index contributed by atoms with van der Waals surface area (Å²) in [6.45, 7) is 3.93. The van der Waals surface area contributed by atoms with Crippen molar-refractivity contribution in [2.24, 2.45) is 0 Å². The highest BCUT2D eigenvalue weighted by Crippen LogP contribution is 2.42. The van der Waals surface area contributed by atoms with E-state index in [4.69, 9.17) is 9.47 Å². The number of carbonyl (C=O) groups is 1. The zero-order valence-corrected chi connectivity index (χ0v) is 22.4. The van der Waals surface area contributed by atoms with Gasteiger partial charge in [0.05, 0.1) is 7.11 Å². The zero-order chi connectivity index (χ0) is 25.9. The van der Waals surface area contributed by atoms with Crippen LogP contribution in [0.5, 0.6) is 11.5 Å². The molecule has 4 aromatic carbocycles. The maximum Gasteiger partial charge on any atom is 0.195 e. The first kappa shape index (κ1) is 24.7. The summed E-state index contributed by atoms with van der Waals surface area (Å²) in [6, 6.07) is 28.3. The maximum absolute atomic E-state index is 14.0. The molecular weight excluding hydrogens is 490 g/mol. The highest BCUT2D eigenvalue weighted by molar-refractivity contribution is 7.22. The van der Waals surface area contributed by atoms with Gasteiger partial charge in [0.15, 0.2) is 5.78 Å². The van der Waals surface area contributed by atoms with Crippen molar-refractivity contribution in [2.45, 2.75) is 19.3 Å². The van der Waals surface area contributed by atoms with Gasteiger partial charge in [-0.25, -0.2) is 0 Å². The summed E-state index contributed by atoms with van der Waals surface area (Å²) in [5.74, 6) is 1.60. The maximum atomic E-state index is 14.0. The number of ketones is 1. The van der Waals surface area contributed by atoms with Gasteiger partial charge >= 0.3 is 0 Å². The van der Waals surface area contributed by atoms with Crippen LogP contribution in [0.15, 0.2) is 84.9 Å². The number of benzene rings is 4. The Labute approximate surface area is 227 Å². The van der Waals surface area contributed by atoms with Crippen LogP contribution in [0.1, 0.15) is 35.2 Å². The number of hydrogen-bond donors (Lipinski definition) is 0. The molecule has 0 atom stereocenters. The summed E-state index contributed by atoms with van der Waals surface area (Å²) >= 11 is 1.64. The summed E-state index contributed by atoms with van der Waals surface area (Å²) in [7, 11) is 1.67. The fourth-order valence-corrected chi connectivity index (χ4v) is 6.51. The summed E-state index contributed by atoms with van der Waals surface area (Å²) in [4.78, 5) is 17.4. The van der Waals surface area contributed by atoms with Crippen molar-refractivity contribution in [1.82, 2.24) is 4.90 Å². The molecule has 0 N–H and O–H groups in total. The summed E-state index contributed by atoms with van der Waals surface area (Å²) in [6.07, 6.45) is 3.90. The largest absolute Gasteiger partial charge is 0.497 e. The molecule has 0 unspecified atom stereocenters. The van der Waals surface area contributed by atoms with E-state index in [0.717, 1.165) is 62.6 Å². The predicted octanol–water partition coefficient (Wildman–Crippen LogP) is 7.83. The SMILES string of the molecule is COc1ccc2c(C(=O)c3ccc(OCCN4CCCCC4)cc3)c(-c3ccc4ccccc4c3)sc2c1. The molecule has 0 bridgehead atoms. The first-order chi connectivity index (χ1) is 18.7. The van der Waals surface area contributed by atoms with Gasteiger partial charge < -0.3 is 9.47 Å². The van der Waals surface area contributed by atoms with Gasteiger partial charge in [-0.3, -0.25) is 9.69 Å². The second kappa shape index (κ2) is 11.0. The summed E-state index contributed by atoms with van der Waals surface area (Å²) < 4.78 is 12.5. The van der Waals surface area contributed by atoms with Crippen LogP contribution in [-0.2, 0) is 0 Å². The van der Waals surface area contributed by atoms with E-state index in [0.29, 0.717) is 12.2 Å². The van der Waals surface area contributed by atoms with Gasteiger partial charge in [0.1, 0.15) is 18.1 Å². The number of carbonyl (C=O) groups excluding carboxylic acids is 1. The van der Waals surface area contributed by atoms with E-state index in [1.165, 1.54) is 24.6 Å². The number of nitrogens with zero attached hydrogens (tertiary/aromatic N) is 1. The normalized spacial score (nSPS) is 14.1. The molecule has 1 fully saturated rings. The smallest absolute Gasteiger partial charge is 0.195 e. The Hall–Kier alpha value is -3.67. The summed E-state index contributed by atoms with van der Waals surface area (Å²) in [5, 5.41) is 3.29. The van der Waals surface area contributed by atoms with Gasteiger partial charge in [-0.15, -0.1) is 11.3 Å². The van der Waals surface area contributed by atoms with Crippen LogP contribution in [0.4, 0.5) is 0 Å². The van der Waals surface area contributed by atoms with E-state index < -0.39 is 0 Å². The molecule has 0 amide bonds. The minimum Gasteiger partial charge on any atom is -0.497 e. The lowest BCUT2D eigenvalue weighted by Crippen LogP contribution is -2.33. The van der Waals surface area contributed by atoms with Crippen LogP contribution >= 0.6 is 11.3 Å². The molecule has 0 spiro atoms. The fraction of sp³-hybridized carbons (Fsp3) is 0.242. The van der Waals surface area contributed by atoms with E-state index in [9.17, 15) is 4.79 Å². The predicted molar refractivity (Wildman–Crippen MR) is 157 cm³/mol. The molecule has 0 radical (unpaired) electrons. The number of likely N-dealkylation sites (tertiary alicyclic amines) is 1. The first-order valence-corrected chi connectivity index (χ1v) is 14.1. The van der Waals surface area contributed by atoms with Crippen LogP contribution in [0.25, 0.3) is 31.3 Å². The minimum absolute atomic E-state index is 0.0180. The monoisotopic (exact) mass is 521 g/mol. The number of piperidine rings is 1. The van der Waals surface area contributed by atoms with Crippen molar-refractivity contribution in [2.75, 3.05) is 33.4 Å². The van der Waals surface area contributed by atoms with Crippen LogP contribution in [0.2, 0.25) is 0 Å². The number of thiophene rings is 1. The van der Waals surface area contributed by atoms with E-state index in [1.54, 1.807) is 18.4 Å². The van der Waals surface area contributed by atoms with Crippen LogP contribution in [-0.4, -0.2) is 44.0 Å². The lowest BCUT2D eigenvalue weighted by Gasteiger charge is -2.26. The van der Waals surface area contributed by atoms with E-state index in [2.05, 4.69) is 35.2 Å². The van der Waals surface area contributed by atoms with Crippen LogP contribution < -0.4 is 9.47 Å². The molecule has 4 nitrogen and oxygen atoms in total. The van der Waals surface area contributed by atoms with Gasteiger partial charge in [0.25, 0.3) is 0 Å². The van der Waals surface area contributed by atoms with Gasteiger partial charge in [-0.2, -0.15) is 0 Å². The Bertz CT molecular complexity index is 1580. The molecule has 5 heteroatoms. The highest BCUT2D eigenvalue weighted by Gasteiger charge is 2.22. The molecule has 1 aromatic heterocycles. The highest BCUT2D eigenvalue weighted by atomic mass is 32.1. The van der Waals surface area contributed by atoms with Crippen molar-refractivity contribution in [3.05, 3.63) is 96.1 Å². The third-order valence-electron chi connectivity index (χ3n) is 7.38. The molecule has 1 saturated heterocycles. The Balaban J connectivity index is 1.30. The fourth-order valence-electron chi connectivity index (χ4n) is 5.29. The lowest BCUT2D eigenvalue weighted by molar-refractivity contribution is 0.104. The number of rotatable bonds is 8. The Morgan fingerprint density at radius 2 is 1.61 bits per heavy atom. The third-order valence-corrected chi connectivity index (χ3v) is 8.58. The van der Waals surface area contributed by atoms with Gasteiger partial charge in [0, 0.05) is 32.6 Å². The molecular formula is C33H31NO3S. The first-order valence-electron chi connectivity index (χ1n) is 13.3. The second-order valence-corrected chi connectivity index (χ2v) is 10.9. The van der Waals surface area contributed by atoms with Gasteiger partial charge in [-0.05, 0) is 90.8 Å². The Morgan fingerprint density at radius 3 is 2.39 bits per heavy atom. The number of hydrogen-bond acceptors (Lipinski definition) is 5. The van der Waals surface area contributed by atoms with Gasteiger partial charge in [0.2, 0.25) is 0 Å². The zero-order valence-electron chi connectivity index (χ0n) is 21.6. The average Bonchev–Trinajstić information content (AvgIpc) is 3.36. The van der Waals surface area contributed by atoms with E-state index >= 15 is 0 Å². The molecule has 38 heavy (non-hydrogen) atoms. The van der Waals surface area contributed by atoms with Gasteiger partial charge in [-0.1, -0.05) is 42.8 Å². The molecule has 0 aliphatic carbocycles. The molecule has 6 rings (SSSR count). The minimum atomic E-state index is 0.0180. The molecule has 1 aliphatic heterocycles. The third kappa shape index (κ3) is 5.04. The second-order valence-electron chi connectivity index (χ2n) is 9.83. The lowest BCUT2D eigenvalue weighted by atomic mass is 9.96. The number of ether oxygens (including phenoxy) is 2. The van der Waals surface area contributed by atoms with Crippen molar-refractivity contribution in [3.8, 4) is 21.9 Å². The van der Waals surface area contributed by atoms with Crippen LogP contribution in [0.3, 0.4) is 0 Å². The molecule has 2 heterocycles. The van der Waals surface area contributed by atoms with Crippen molar-refractivity contribution < 1.29 is 14.3 Å². The van der Waals surface area contributed by atoms with Crippen molar-refractivity contribution >= 4 is 38.0 Å². The Kier molecular flexibility index (Phi) is 7.12. The average molecular weight is 522 g/mol. The van der Waals surface area contributed by atoms with Crippen molar-refractivity contribution in [1.29, 1.82) is 0 Å². The quantitative estimate of drug-likeness (QED) is 0.195. The van der Waals surface area contributed by atoms with E-state index in [-0.39, 0.29) is 5.78 Å². The number of fused-ring (bicyclic) bond motifs is 2. The number of methoxy groups -OCH3 is 1. The molecule has 1 aliphatic rings. The Morgan fingerprint density at radius 1 is 0.842 bits per heavy atom. The molecule has 5 aromatic rings. The topological polar surface area (TPSA) is 38.8 Å². The van der Waals surface area contributed by atoms with Crippen LogP contribution in [0, 0.1) is 0 Å². The van der Waals surface area contributed by atoms with Crippen molar-refractivity contribution in [3.63, 3.8) is 0 Å². The standard InChI is InChI=1S/C33H31NO3S/c1-36-28-15-16-29-30(22-28)38-33(26-10-9-23-7-3-4-8-25(23)21-26)31(29)32(35)24-11-13-27(14-12-24)37-20-19-34-17-5-2-6-18-34/h3-4,7-16,21-22H,2,5-6,17-20H2,1H3. The molecule has 192 valence electrons.